The standard InChI is InChI=1S/C11H18O/c1-8(2)4-6-10-9(3)5-7-11(10)12/h9-10H,1,4-7H2,2-3H3. The second kappa shape index (κ2) is 3.88. The van der Waals surface area contributed by atoms with Gasteiger partial charge in [-0.05, 0) is 32.1 Å². The smallest absolute Gasteiger partial charge is 0.136 e. The molecule has 2 atom stereocenters. The molecule has 0 N–H and O–H groups in total. The summed E-state index contributed by atoms with van der Waals surface area (Å²) in [5, 5.41) is 0. The molecule has 0 aromatic heterocycles. The van der Waals surface area contributed by atoms with Crippen molar-refractivity contribution in [3.05, 3.63) is 12.2 Å². The summed E-state index contributed by atoms with van der Waals surface area (Å²) in [6, 6.07) is 0. The molecule has 12 heavy (non-hydrogen) atoms. The minimum Gasteiger partial charge on any atom is -0.299 e. The van der Waals surface area contributed by atoms with E-state index in [4.69, 9.17) is 0 Å². The van der Waals surface area contributed by atoms with E-state index in [1.165, 1.54) is 5.57 Å². The van der Waals surface area contributed by atoms with Crippen LogP contribution in [-0.4, -0.2) is 5.78 Å². The Kier molecular flexibility index (Phi) is 3.07. The maximum atomic E-state index is 11.4. The molecule has 0 amide bonds. The minimum absolute atomic E-state index is 0.335. The fourth-order valence-corrected chi connectivity index (χ4v) is 1.92. The van der Waals surface area contributed by atoms with Crippen molar-refractivity contribution < 1.29 is 4.79 Å². The highest BCUT2D eigenvalue weighted by atomic mass is 16.1. The van der Waals surface area contributed by atoms with Gasteiger partial charge in [0.2, 0.25) is 0 Å². The summed E-state index contributed by atoms with van der Waals surface area (Å²) in [7, 11) is 0. The van der Waals surface area contributed by atoms with Gasteiger partial charge in [-0.1, -0.05) is 12.5 Å². The lowest BCUT2D eigenvalue weighted by Crippen LogP contribution is -2.12. The van der Waals surface area contributed by atoms with E-state index in [2.05, 4.69) is 13.5 Å². The van der Waals surface area contributed by atoms with Crippen LogP contribution in [0.4, 0.5) is 0 Å². The predicted octanol–water partition coefficient (Wildman–Crippen LogP) is 2.96. The van der Waals surface area contributed by atoms with Gasteiger partial charge >= 0.3 is 0 Å². The van der Waals surface area contributed by atoms with Crippen LogP contribution in [0.15, 0.2) is 12.2 Å². The first-order valence-corrected chi connectivity index (χ1v) is 4.78. The molecule has 0 aromatic carbocycles. The lowest BCUT2D eigenvalue weighted by molar-refractivity contribution is -0.121. The van der Waals surface area contributed by atoms with Crippen LogP contribution in [0.3, 0.4) is 0 Å². The average molecular weight is 166 g/mol. The second-order valence-corrected chi connectivity index (χ2v) is 4.08. The molecule has 1 aliphatic carbocycles. The van der Waals surface area contributed by atoms with E-state index in [1.54, 1.807) is 0 Å². The fraction of sp³-hybridized carbons (Fsp3) is 0.727. The third-order valence-electron chi connectivity index (χ3n) is 2.83. The van der Waals surface area contributed by atoms with E-state index >= 15 is 0 Å². The van der Waals surface area contributed by atoms with Crippen LogP contribution in [-0.2, 0) is 4.79 Å². The number of rotatable bonds is 3. The van der Waals surface area contributed by atoms with Gasteiger partial charge in [-0.3, -0.25) is 4.79 Å². The van der Waals surface area contributed by atoms with Gasteiger partial charge in [0.1, 0.15) is 5.78 Å². The van der Waals surface area contributed by atoms with Crippen molar-refractivity contribution in [1.82, 2.24) is 0 Å². The van der Waals surface area contributed by atoms with E-state index < -0.39 is 0 Å². The van der Waals surface area contributed by atoms with E-state index in [0.717, 1.165) is 25.7 Å². The molecule has 0 bridgehead atoms. The highest BCUT2D eigenvalue weighted by Gasteiger charge is 2.30. The zero-order valence-corrected chi connectivity index (χ0v) is 8.10. The molecule has 1 rings (SSSR count). The van der Waals surface area contributed by atoms with Crippen molar-refractivity contribution in [2.75, 3.05) is 0 Å². The van der Waals surface area contributed by atoms with Crippen molar-refractivity contribution in [3.8, 4) is 0 Å². The maximum Gasteiger partial charge on any atom is 0.136 e. The molecule has 0 radical (unpaired) electrons. The van der Waals surface area contributed by atoms with Crippen molar-refractivity contribution in [2.24, 2.45) is 11.8 Å². The van der Waals surface area contributed by atoms with Crippen molar-refractivity contribution >= 4 is 5.78 Å². The van der Waals surface area contributed by atoms with Crippen LogP contribution >= 0.6 is 0 Å². The van der Waals surface area contributed by atoms with Crippen LogP contribution in [0.5, 0.6) is 0 Å². The number of hydrogen-bond donors (Lipinski definition) is 0. The molecule has 1 heteroatoms. The molecular formula is C11H18O. The highest BCUT2D eigenvalue weighted by Crippen LogP contribution is 2.32. The summed E-state index contributed by atoms with van der Waals surface area (Å²) >= 11 is 0. The van der Waals surface area contributed by atoms with Gasteiger partial charge in [-0.25, -0.2) is 0 Å². The summed E-state index contributed by atoms with van der Waals surface area (Å²) in [6.45, 7) is 8.08. The fourth-order valence-electron chi connectivity index (χ4n) is 1.92. The Morgan fingerprint density at radius 2 is 2.33 bits per heavy atom. The van der Waals surface area contributed by atoms with Crippen molar-refractivity contribution in [1.29, 1.82) is 0 Å². The summed E-state index contributed by atoms with van der Waals surface area (Å²) in [5.74, 6) is 1.42. The van der Waals surface area contributed by atoms with Gasteiger partial charge in [0, 0.05) is 12.3 Å². The topological polar surface area (TPSA) is 17.1 Å². The monoisotopic (exact) mass is 166 g/mol. The third-order valence-corrected chi connectivity index (χ3v) is 2.83. The van der Waals surface area contributed by atoms with Gasteiger partial charge in [0.25, 0.3) is 0 Å². The summed E-state index contributed by atoms with van der Waals surface area (Å²) in [4.78, 5) is 11.4. The maximum absolute atomic E-state index is 11.4. The van der Waals surface area contributed by atoms with Gasteiger partial charge < -0.3 is 0 Å². The normalized spacial score (nSPS) is 29.3. The Hall–Kier alpha value is -0.590. The number of hydrogen-bond acceptors (Lipinski definition) is 1. The molecule has 0 spiro atoms. The summed E-state index contributed by atoms with van der Waals surface area (Å²) in [6.07, 6.45) is 3.94. The number of allylic oxidation sites excluding steroid dienone is 1. The van der Waals surface area contributed by atoms with Gasteiger partial charge in [-0.2, -0.15) is 0 Å². The van der Waals surface area contributed by atoms with E-state index in [0.29, 0.717) is 17.6 Å². The van der Waals surface area contributed by atoms with Gasteiger partial charge in [0.15, 0.2) is 0 Å². The molecule has 2 unspecified atom stereocenters. The molecule has 1 fully saturated rings. The van der Waals surface area contributed by atoms with Crippen LogP contribution in [0.25, 0.3) is 0 Å². The Morgan fingerprint density at radius 1 is 1.67 bits per heavy atom. The van der Waals surface area contributed by atoms with Crippen LogP contribution in [0.1, 0.15) is 39.5 Å². The minimum atomic E-state index is 0.335. The lowest BCUT2D eigenvalue weighted by atomic mass is 9.91. The Morgan fingerprint density at radius 3 is 2.75 bits per heavy atom. The third kappa shape index (κ3) is 2.20. The average Bonchev–Trinajstić information content (AvgIpc) is 2.28. The summed E-state index contributed by atoms with van der Waals surface area (Å²) in [5.41, 5.74) is 1.20. The van der Waals surface area contributed by atoms with E-state index in [-0.39, 0.29) is 0 Å². The van der Waals surface area contributed by atoms with Crippen molar-refractivity contribution in [2.45, 2.75) is 39.5 Å². The predicted molar refractivity (Wildman–Crippen MR) is 50.9 cm³/mol. The van der Waals surface area contributed by atoms with Crippen LogP contribution in [0, 0.1) is 11.8 Å². The van der Waals surface area contributed by atoms with E-state index in [9.17, 15) is 4.79 Å². The molecule has 0 heterocycles. The first kappa shape index (κ1) is 9.50. The van der Waals surface area contributed by atoms with Gasteiger partial charge in [0.05, 0.1) is 0 Å². The second-order valence-electron chi connectivity index (χ2n) is 4.08. The largest absolute Gasteiger partial charge is 0.299 e. The molecule has 0 aromatic rings. The number of carbonyl (C=O) groups is 1. The number of ketones is 1. The van der Waals surface area contributed by atoms with Crippen LogP contribution < -0.4 is 0 Å². The molecule has 1 saturated carbocycles. The zero-order valence-electron chi connectivity index (χ0n) is 8.10. The Bertz CT molecular complexity index is 193. The zero-order chi connectivity index (χ0) is 9.14. The summed E-state index contributed by atoms with van der Waals surface area (Å²) < 4.78 is 0. The number of carbonyl (C=O) groups excluding carboxylic acids is 1. The number of Topliss-reactive ketones (excluding diaryl/α,β-unsaturated/α-hetero) is 1. The lowest BCUT2D eigenvalue weighted by Gasteiger charge is -2.12. The Balaban J connectivity index is 2.39. The SMILES string of the molecule is C=C(C)CCC1C(=O)CCC1C. The highest BCUT2D eigenvalue weighted by molar-refractivity contribution is 5.83. The van der Waals surface area contributed by atoms with Gasteiger partial charge in [-0.15, -0.1) is 6.58 Å². The quantitative estimate of drug-likeness (QED) is 0.589. The first-order valence-electron chi connectivity index (χ1n) is 4.78. The molecule has 0 saturated heterocycles. The molecular weight excluding hydrogens is 148 g/mol. The van der Waals surface area contributed by atoms with Crippen molar-refractivity contribution in [3.63, 3.8) is 0 Å². The molecule has 1 nitrogen and oxygen atoms in total. The molecule has 1 aliphatic rings. The molecule has 68 valence electrons. The molecule has 0 aliphatic heterocycles. The van der Waals surface area contributed by atoms with Crippen LogP contribution in [0.2, 0.25) is 0 Å². The first-order chi connectivity index (χ1) is 5.61. The Labute approximate surface area is 74.9 Å². The van der Waals surface area contributed by atoms with E-state index in [1.807, 2.05) is 6.92 Å².